The Morgan fingerprint density at radius 2 is 2.29 bits per heavy atom. The Bertz CT molecular complexity index is 755. The molecule has 0 spiro atoms. The van der Waals surface area contributed by atoms with E-state index in [0.717, 1.165) is 22.6 Å². The minimum atomic E-state index is -0.384. The van der Waals surface area contributed by atoms with E-state index in [4.69, 9.17) is 12.5 Å². The number of halogens is 1. The molecule has 0 amide bonds. The number of allylic oxidation sites excluding steroid dienone is 4. The number of hydrogen-bond donors (Lipinski definition) is 1. The van der Waals surface area contributed by atoms with E-state index >= 15 is 0 Å². The molecule has 126 valence electrons. The number of pyridine rings is 1. The highest BCUT2D eigenvalue weighted by atomic mass is 127. The lowest BCUT2D eigenvalue weighted by atomic mass is 9.86. The molecular weight excluding hydrogens is 423 g/mol. The van der Waals surface area contributed by atoms with Crippen molar-refractivity contribution in [2.45, 2.75) is 13.3 Å². The van der Waals surface area contributed by atoms with Gasteiger partial charge in [0.25, 0.3) is 0 Å². The molecule has 0 saturated heterocycles. The van der Waals surface area contributed by atoms with Crippen molar-refractivity contribution < 1.29 is 17.3 Å². The zero-order chi connectivity index (χ0) is 17.1. The third-order valence-electron chi connectivity index (χ3n) is 3.95. The SMILES string of the molecule is CCOC(=O)C1=C(c2cccnc2OC)C2CC(OI)=CC=C2N1. The molecule has 1 aromatic heterocycles. The molecule has 1 unspecified atom stereocenters. The molecule has 7 heteroatoms. The summed E-state index contributed by atoms with van der Waals surface area (Å²) in [6, 6.07) is 3.72. The van der Waals surface area contributed by atoms with Gasteiger partial charge >= 0.3 is 5.97 Å². The number of methoxy groups -OCH3 is 1. The van der Waals surface area contributed by atoms with Crippen LogP contribution in [0.25, 0.3) is 5.57 Å². The van der Waals surface area contributed by atoms with Crippen LogP contribution in [0.15, 0.2) is 47.6 Å². The number of ether oxygens (including phenoxy) is 2. The summed E-state index contributed by atoms with van der Waals surface area (Å²) in [7, 11) is 1.57. The van der Waals surface area contributed by atoms with Gasteiger partial charge in [0.05, 0.1) is 13.7 Å². The Kier molecular flexibility index (Phi) is 5.08. The molecule has 3 rings (SSSR count). The van der Waals surface area contributed by atoms with Crippen LogP contribution in [0.2, 0.25) is 0 Å². The molecule has 1 aliphatic carbocycles. The van der Waals surface area contributed by atoms with E-state index in [1.165, 1.54) is 0 Å². The smallest absolute Gasteiger partial charge is 0.355 e. The molecule has 24 heavy (non-hydrogen) atoms. The molecule has 2 heterocycles. The summed E-state index contributed by atoms with van der Waals surface area (Å²) in [5.74, 6) is 0.906. The van der Waals surface area contributed by atoms with Crippen LogP contribution in [0.5, 0.6) is 5.88 Å². The van der Waals surface area contributed by atoms with Crippen molar-refractivity contribution in [3.8, 4) is 5.88 Å². The molecule has 0 fully saturated rings. The standard InChI is InChI=1S/C17H17IN2O4/c1-3-23-17(21)15-14(11-5-4-8-19-16(11)22-2)12-9-10(24-18)6-7-13(12)20-15/h4-8,12,20H,3,9H2,1-2H3. The molecule has 1 aliphatic heterocycles. The maximum absolute atomic E-state index is 12.4. The maximum atomic E-state index is 12.4. The molecule has 0 bridgehead atoms. The quantitative estimate of drug-likeness (QED) is 0.561. The minimum absolute atomic E-state index is 0.0303. The molecule has 0 radical (unpaired) electrons. The number of rotatable bonds is 5. The van der Waals surface area contributed by atoms with Gasteiger partial charge in [0.1, 0.15) is 11.5 Å². The number of hydrogen-bond acceptors (Lipinski definition) is 6. The van der Waals surface area contributed by atoms with E-state index < -0.39 is 0 Å². The van der Waals surface area contributed by atoms with Crippen molar-refractivity contribution in [3.05, 3.63) is 53.2 Å². The van der Waals surface area contributed by atoms with Crippen LogP contribution in [0, 0.1) is 5.92 Å². The number of nitrogens with zero attached hydrogens (tertiary/aromatic N) is 1. The molecule has 0 aromatic carbocycles. The molecule has 1 N–H and O–H groups in total. The van der Waals surface area contributed by atoms with E-state index in [0.29, 0.717) is 24.6 Å². The Labute approximate surface area is 154 Å². The summed E-state index contributed by atoms with van der Waals surface area (Å²) in [6.07, 6.45) is 6.14. The van der Waals surface area contributed by atoms with Crippen LogP contribution >= 0.6 is 23.0 Å². The predicted molar refractivity (Wildman–Crippen MR) is 96.9 cm³/mol. The molecular formula is C17H17IN2O4. The van der Waals surface area contributed by atoms with Crippen molar-refractivity contribution >= 4 is 34.5 Å². The van der Waals surface area contributed by atoms with Gasteiger partial charge < -0.3 is 17.9 Å². The van der Waals surface area contributed by atoms with Crippen LogP contribution < -0.4 is 10.1 Å². The lowest BCUT2D eigenvalue weighted by molar-refractivity contribution is -0.138. The first-order chi connectivity index (χ1) is 11.7. The first kappa shape index (κ1) is 16.8. The molecule has 0 saturated carbocycles. The second-order valence-corrected chi connectivity index (χ2v) is 5.72. The fourth-order valence-corrected chi connectivity index (χ4v) is 3.28. The molecule has 1 aromatic rings. The highest BCUT2D eigenvalue weighted by molar-refractivity contribution is 14.1. The van der Waals surface area contributed by atoms with Gasteiger partial charge in [0.15, 0.2) is 23.0 Å². The first-order valence-corrected chi connectivity index (χ1v) is 8.44. The summed E-state index contributed by atoms with van der Waals surface area (Å²) in [4.78, 5) is 16.7. The van der Waals surface area contributed by atoms with Gasteiger partial charge in [-0.1, -0.05) is 0 Å². The van der Waals surface area contributed by atoms with Crippen LogP contribution in [0.3, 0.4) is 0 Å². The Balaban J connectivity index is 2.11. The third-order valence-corrected chi connectivity index (χ3v) is 4.52. The fraction of sp³-hybridized carbons (Fsp3) is 0.294. The van der Waals surface area contributed by atoms with Crippen molar-refractivity contribution in [3.63, 3.8) is 0 Å². The Morgan fingerprint density at radius 3 is 3.00 bits per heavy atom. The van der Waals surface area contributed by atoms with Gasteiger partial charge in [-0.05, 0) is 31.2 Å². The lowest BCUT2D eigenvalue weighted by Gasteiger charge is -2.20. The van der Waals surface area contributed by atoms with E-state index in [-0.39, 0.29) is 11.9 Å². The average molecular weight is 440 g/mol. The highest BCUT2D eigenvalue weighted by Crippen LogP contribution is 2.44. The summed E-state index contributed by atoms with van der Waals surface area (Å²) in [6.45, 7) is 2.10. The monoisotopic (exact) mass is 440 g/mol. The number of aromatic nitrogens is 1. The number of fused-ring (bicyclic) bond motifs is 1. The maximum Gasteiger partial charge on any atom is 0.355 e. The Morgan fingerprint density at radius 1 is 1.46 bits per heavy atom. The second-order valence-electron chi connectivity index (χ2n) is 5.28. The van der Waals surface area contributed by atoms with Crippen LogP contribution in [0.1, 0.15) is 18.9 Å². The van der Waals surface area contributed by atoms with Crippen molar-refractivity contribution in [2.75, 3.05) is 13.7 Å². The van der Waals surface area contributed by atoms with Crippen molar-refractivity contribution in [1.29, 1.82) is 0 Å². The number of carbonyl (C=O) groups is 1. The first-order valence-electron chi connectivity index (χ1n) is 7.56. The zero-order valence-corrected chi connectivity index (χ0v) is 15.5. The van der Waals surface area contributed by atoms with E-state index in [1.54, 1.807) is 20.2 Å². The van der Waals surface area contributed by atoms with E-state index in [1.807, 2.05) is 47.3 Å². The lowest BCUT2D eigenvalue weighted by Crippen LogP contribution is -2.19. The van der Waals surface area contributed by atoms with Gasteiger partial charge in [-0.2, -0.15) is 0 Å². The van der Waals surface area contributed by atoms with Crippen LogP contribution in [-0.4, -0.2) is 24.7 Å². The normalized spacial score (nSPS) is 19.0. The van der Waals surface area contributed by atoms with Gasteiger partial charge in [-0.15, -0.1) is 0 Å². The number of carbonyl (C=O) groups excluding carboxylic acids is 1. The third kappa shape index (κ3) is 3.00. The second kappa shape index (κ2) is 7.25. The summed E-state index contributed by atoms with van der Waals surface area (Å²) >= 11 is 1.87. The summed E-state index contributed by atoms with van der Waals surface area (Å²) in [5.41, 5.74) is 2.97. The molecule has 1 atom stereocenters. The fourth-order valence-electron chi connectivity index (χ4n) is 2.95. The van der Waals surface area contributed by atoms with Crippen molar-refractivity contribution in [2.24, 2.45) is 5.92 Å². The molecule has 2 aliphatic rings. The highest BCUT2D eigenvalue weighted by Gasteiger charge is 2.38. The Hall–Kier alpha value is -2.03. The predicted octanol–water partition coefficient (Wildman–Crippen LogP) is 3.12. The summed E-state index contributed by atoms with van der Waals surface area (Å²) in [5, 5.41) is 3.20. The topological polar surface area (TPSA) is 69.7 Å². The minimum Gasteiger partial charge on any atom is -0.481 e. The van der Waals surface area contributed by atoms with Gasteiger partial charge in [-0.3, -0.25) is 0 Å². The van der Waals surface area contributed by atoms with E-state index in [2.05, 4.69) is 10.3 Å². The van der Waals surface area contributed by atoms with Gasteiger partial charge in [0, 0.05) is 35.4 Å². The molecule has 6 nitrogen and oxygen atoms in total. The van der Waals surface area contributed by atoms with Crippen LogP contribution in [-0.2, 0) is 12.6 Å². The average Bonchev–Trinajstić information content (AvgIpc) is 3.00. The largest absolute Gasteiger partial charge is 0.481 e. The van der Waals surface area contributed by atoms with Crippen molar-refractivity contribution in [1.82, 2.24) is 10.3 Å². The zero-order valence-electron chi connectivity index (χ0n) is 13.3. The van der Waals surface area contributed by atoms with Gasteiger partial charge in [0.2, 0.25) is 5.88 Å². The van der Waals surface area contributed by atoms with Gasteiger partial charge in [-0.25, -0.2) is 9.78 Å². The number of nitrogens with one attached hydrogen (secondary N) is 1. The van der Waals surface area contributed by atoms with E-state index in [9.17, 15) is 4.79 Å². The summed E-state index contributed by atoms with van der Waals surface area (Å²) < 4.78 is 16.0. The number of esters is 1. The van der Waals surface area contributed by atoms with Crippen LogP contribution in [0.4, 0.5) is 0 Å².